The highest BCUT2D eigenvalue weighted by Gasteiger charge is 2.47. The molecule has 2 aromatic carbocycles. The maximum atomic E-state index is 13.5. The van der Waals surface area contributed by atoms with Gasteiger partial charge in [-0.3, -0.25) is 14.5 Å². The van der Waals surface area contributed by atoms with Gasteiger partial charge >= 0.3 is 5.91 Å². The summed E-state index contributed by atoms with van der Waals surface area (Å²) in [7, 11) is 0. The van der Waals surface area contributed by atoms with Gasteiger partial charge in [0, 0.05) is 11.8 Å². The predicted molar refractivity (Wildman–Crippen MR) is 107 cm³/mol. The first-order valence-corrected chi connectivity index (χ1v) is 9.02. The second-order valence-corrected chi connectivity index (χ2v) is 6.77. The second-order valence-electron chi connectivity index (χ2n) is 6.77. The van der Waals surface area contributed by atoms with Crippen LogP contribution in [0.1, 0.15) is 22.7 Å². The van der Waals surface area contributed by atoms with Crippen molar-refractivity contribution in [3.05, 3.63) is 101 Å². The van der Waals surface area contributed by atoms with Crippen LogP contribution in [0.3, 0.4) is 0 Å². The fourth-order valence-corrected chi connectivity index (χ4v) is 3.39. The van der Waals surface area contributed by atoms with Crippen LogP contribution in [0.5, 0.6) is 0 Å². The first kappa shape index (κ1) is 18.6. The number of rotatable bonds is 3. The molecule has 3 aromatic rings. The molecule has 29 heavy (non-hydrogen) atoms. The Kier molecular flexibility index (Phi) is 4.68. The monoisotopic (exact) mass is 388 g/mol. The van der Waals surface area contributed by atoms with E-state index in [-0.39, 0.29) is 17.2 Å². The zero-order valence-corrected chi connectivity index (χ0v) is 15.5. The normalized spacial score (nSPS) is 18.3. The number of aliphatic hydroxyl groups excluding tert-OH is 1. The zero-order chi connectivity index (χ0) is 20.5. The van der Waals surface area contributed by atoms with E-state index in [1.165, 1.54) is 35.4 Å². The zero-order valence-electron chi connectivity index (χ0n) is 15.5. The largest absolute Gasteiger partial charge is 0.507 e. The Labute approximate surface area is 166 Å². The van der Waals surface area contributed by atoms with Crippen molar-refractivity contribution in [3.63, 3.8) is 0 Å². The third kappa shape index (κ3) is 3.29. The van der Waals surface area contributed by atoms with E-state index in [1.807, 2.05) is 6.92 Å². The molecular weight excluding hydrogens is 371 g/mol. The Morgan fingerprint density at radius 3 is 2.31 bits per heavy atom. The van der Waals surface area contributed by atoms with E-state index < -0.39 is 23.5 Å². The molecule has 1 unspecified atom stereocenters. The number of ketones is 1. The summed E-state index contributed by atoms with van der Waals surface area (Å²) < 4.78 is 13.5. The lowest BCUT2D eigenvalue weighted by Crippen LogP contribution is -2.30. The maximum Gasteiger partial charge on any atom is 0.301 e. The van der Waals surface area contributed by atoms with Crippen molar-refractivity contribution >= 4 is 23.3 Å². The average Bonchev–Trinajstić information content (AvgIpc) is 3.00. The van der Waals surface area contributed by atoms with Crippen LogP contribution in [0.25, 0.3) is 5.76 Å². The molecule has 1 atom stereocenters. The molecule has 1 amide bonds. The molecule has 1 aromatic heterocycles. The van der Waals surface area contributed by atoms with Gasteiger partial charge in [0.15, 0.2) is 0 Å². The summed E-state index contributed by atoms with van der Waals surface area (Å²) in [5.41, 5.74) is 1.84. The van der Waals surface area contributed by atoms with Crippen LogP contribution >= 0.6 is 0 Å². The number of aryl methyl sites for hydroxylation is 1. The summed E-state index contributed by atoms with van der Waals surface area (Å²) in [4.78, 5) is 31.2. The van der Waals surface area contributed by atoms with Crippen LogP contribution in [0.2, 0.25) is 0 Å². The summed E-state index contributed by atoms with van der Waals surface area (Å²) in [6.07, 6.45) is 1.51. The van der Waals surface area contributed by atoms with Gasteiger partial charge in [-0.1, -0.05) is 48.0 Å². The molecule has 6 heteroatoms. The minimum Gasteiger partial charge on any atom is -0.507 e. The molecule has 1 N–H and O–H groups in total. The molecule has 0 radical (unpaired) electrons. The molecule has 144 valence electrons. The van der Waals surface area contributed by atoms with Gasteiger partial charge < -0.3 is 5.11 Å². The summed E-state index contributed by atoms with van der Waals surface area (Å²) >= 11 is 0. The third-order valence-corrected chi connectivity index (χ3v) is 4.85. The minimum atomic E-state index is -0.924. The van der Waals surface area contributed by atoms with Crippen molar-refractivity contribution in [3.8, 4) is 0 Å². The van der Waals surface area contributed by atoms with Crippen molar-refractivity contribution in [2.75, 3.05) is 4.90 Å². The molecule has 0 spiro atoms. The molecule has 0 bridgehead atoms. The van der Waals surface area contributed by atoms with Gasteiger partial charge in [-0.05, 0) is 36.8 Å². The number of nitrogens with zero attached hydrogens (tertiary/aromatic N) is 2. The number of benzene rings is 2. The van der Waals surface area contributed by atoms with Crippen LogP contribution in [-0.2, 0) is 9.59 Å². The predicted octanol–water partition coefficient (Wildman–Crippen LogP) is 4.16. The highest BCUT2D eigenvalue weighted by molar-refractivity contribution is 6.51. The Morgan fingerprint density at radius 2 is 1.69 bits per heavy atom. The van der Waals surface area contributed by atoms with Crippen molar-refractivity contribution in [2.24, 2.45) is 0 Å². The SMILES string of the molecule is Cc1ccc(C(O)=C2C(=O)C(=O)N(c3ccccn3)C2c2ccc(F)cc2)cc1. The van der Waals surface area contributed by atoms with Gasteiger partial charge in [0.05, 0.1) is 11.6 Å². The average molecular weight is 388 g/mol. The number of carbonyl (C=O) groups is 2. The van der Waals surface area contributed by atoms with E-state index in [2.05, 4.69) is 4.98 Å². The second kappa shape index (κ2) is 7.31. The Hall–Kier alpha value is -3.80. The Morgan fingerprint density at radius 1 is 1.00 bits per heavy atom. The third-order valence-electron chi connectivity index (χ3n) is 4.85. The van der Waals surface area contributed by atoms with Crippen molar-refractivity contribution in [1.29, 1.82) is 0 Å². The van der Waals surface area contributed by atoms with Crippen molar-refractivity contribution in [1.82, 2.24) is 4.98 Å². The van der Waals surface area contributed by atoms with Crippen LogP contribution < -0.4 is 4.90 Å². The van der Waals surface area contributed by atoms with Crippen molar-refractivity contribution < 1.29 is 19.1 Å². The van der Waals surface area contributed by atoms with Crippen LogP contribution in [-0.4, -0.2) is 21.8 Å². The highest BCUT2D eigenvalue weighted by Crippen LogP contribution is 2.41. The van der Waals surface area contributed by atoms with E-state index in [0.29, 0.717) is 11.1 Å². The summed E-state index contributed by atoms with van der Waals surface area (Å²) in [5, 5.41) is 10.9. The number of anilines is 1. The molecule has 5 nitrogen and oxygen atoms in total. The number of carbonyl (C=O) groups excluding carboxylic acids is 2. The maximum absolute atomic E-state index is 13.5. The Bertz CT molecular complexity index is 1110. The number of halogens is 1. The van der Waals surface area contributed by atoms with Gasteiger partial charge in [0.2, 0.25) is 0 Å². The molecule has 0 saturated carbocycles. The fourth-order valence-electron chi connectivity index (χ4n) is 3.39. The van der Waals surface area contributed by atoms with E-state index in [0.717, 1.165) is 5.56 Å². The molecule has 1 aliphatic rings. The number of hydrogen-bond acceptors (Lipinski definition) is 4. The molecule has 0 aliphatic carbocycles. The number of aromatic nitrogens is 1. The molecule has 2 heterocycles. The summed E-state index contributed by atoms with van der Waals surface area (Å²) in [6.45, 7) is 1.91. The lowest BCUT2D eigenvalue weighted by molar-refractivity contribution is -0.132. The highest BCUT2D eigenvalue weighted by atomic mass is 19.1. The van der Waals surface area contributed by atoms with Crippen LogP contribution in [0.4, 0.5) is 10.2 Å². The number of Topliss-reactive ketones (excluding diaryl/α,β-unsaturated/α-hetero) is 1. The number of hydrogen-bond donors (Lipinski definition) is 1. The smallest absolute Gasteiger partial charge is 0.301 e. The standard InChI is InChI=1S/C23H17FN2O3/c1-14-5-7-16(8-6-14)21(27)19-20(15-9-11-17(24)12-10-15)26(23(29)22(19)28)18-4-2-3-13-25-18/h2-13,20,27H,1H3. The van der Waals surface area contributed by atoms with Gasteiger partial charge in [0.1, 0.15) is 17.4 Å². The van der Waals surface area contributed by atoms with E-state index >= 15 is 0 Å². The minimum absolute atomic E-state index is 0.0592. The fraction of sp³-hybridized carbons (Fsp3) is 0.0870. The van der Waals surface area contributed by atoms with Crippen LogP contribution in [0, 0.1) is 12.7 Å². The molecule has 1 fully saturated rings. The molecule has 4 rings (SSSR count). The van der Waals surface area contributed by atoms with Crippen molar-refractivity contribution in [2.45, 2.75) is 13.0 Å². The van der Waals surface area contributed by atoms with E-state index in [4.69, 9.17) is 0 Å². The lowest BCUT2D eigenvalue weighted by Gasteiger charge is -2.24. The van der Waals surface area contributed by atoms with Gasteiger partial charge in [-0.2, -0.15) is 0 Å². The first-order valence-electron chi connectivity index (χ1n) is 9.02. The molecule has 1 saturated heterocycles. The number of aliphatic hydroxyl groups is 1. The summed E-state index contributed by atoms with van der Waals surface area (Å²) in [5.74, 6) is -2.07. The number of pyridine rings is 1. The number of amides is 1. The quantitative estimate of drug-likeness (QED) is 0.416. The van der Waals surface area contributed by atoms with Gasteiger partial charge in [-0.25, -0.2) is 9.37 Å². The Balaban J connectivity index is 1.94. The topological polar surface area (TPSA) is 70.5 Å². The van der Waals surface area contributed by atoms with E-state index in [1.54, 1.807) is 42.5 Å². The lowest BCUT2D eigenvalue weighted by atomic mass is 9.95. The first-order chi connectivity index (χ1) is 14.0. The van der Waals surface area contributed by atoms with Gasteiger partial charge in [-0.15, -0.1) is 0 Å². The summed E-state index contributed by atoms with van der Waals surface area (Å²) in [6, 6.07) is 16.5. The molecular formula is C23H17FN2O3. The van der Waals surface area contributed by atoms with Crippen LogP contribution in [0.15, 0.2) is 78.5 Å². The van der Waals surface area contributed by atoms with Gasteiger partial charge in [0.25, 0.3) is 5.78 Å². The molecule has 1 aliphatic heterocycles. The van der Waals surface area contributed by atoms with E-state index in [9.17, 15) is 19.1 Å².